The molecule has 31 heavy (non-hydrogen) atoms. The molecular weight excluding hydrogens is 435 g/mol. The monoisotopic (exact) mass is 451 g/mol. The zero-order valence-corrected chi connectivity index (χ0v) is 17.0. The Hall–Kier alpha value is -3.33. The number of carbonyl (C=O) groups is 2. The van der Waals surface area contributed by atoms with E-state index in [0.29, 0.717) is 28.8 Å². The highest BCUT2D eigenvalue weighted by Crippen LogP contribution is 2.24. The first kappa shape index (κ1) is 22.4. The predicted molar refractivity (Wildman–Crippen MR) is 108 cm³/mol. The third-order valence-electron chi connectivity index (χ3n) is 4.26. The van der Waals surface area contributed by atoms with Crippen molar-refractivity contribution in [3.63, 3.8) is 0 Å². The van der Waals surface area contributed by atoms with Gasteiger partial charge in [-0.3, -0.25) is 9.59 Å². The van der Waals surface area contributed by atoms with E-state index in [2.05, 4.69) is 10.5 Å². The van der Waals surface area contributed by atoms with Gasteiger partial charge in [-0.25, -0.2) is 13.2 Å². The fourth-order valence-electron chi connectivity index (χ4n) is 2.82. The van der Waals surface area contributed by atoms with Crippen LogP contribution in [0.1, 0.15) is 23.8 Å². The van der Waals surface area contributed by atoms with Crippen LogP contribution in [0.15, 0.2) is 47.0 Å². The molecule has 3 aromatic rings. The quantitative estimate of drug-likeness (QED) is 0.518. The van der Waals surface area contributed by atoms with Gasteiger partial charge in [0.1, 0.15) is 6.54 Å². The van der Waals surface area contributed by atoms with Crippen molar-refractivity contribution in [3.8, 4) is 11.3 Å². The Labute approximate surface area is 180 Å². The molecule has 1 N–H and O–H groups in total. The lowest BCUT2D eigenvalue weighted by Gasteiger charge is -2.20. The molecule has 0 bridgehead atoms. The van der Waals surface area contributed by atoms with Crippen LogP contribution >= 0.6 is 11.6 Å². The van der Waals surface area contributed by atoms with E-state index in [1.165, 1.54) is 11.0 Å². The molecule has 1 aromatic heterocycles. The molecule has 0 atom stereocenters. The number of halogens is 4. The number of amides is 2. The number of anilines is 1. The number of hydrogen-bond acceptors (Lipinski definition) is 4. The maximum absolute atomic E-state index is 13.8. The van der Waals surface area contributed by atoms with Crippen LogP contribution in [-0.2, 0) is 4.79 Å². The van der Waals surface area contributed by atoms with Gasteiger partial charge in [0.15, 0.2) is 28.9 Å². The second-order valence-electron chi connectivity index (χ2n) is 6.58. The molecule has 0 spiro atoms. The minimum atomic E-state index is -1.70. The van der Waals surface area contributed by atoms with Crippen LogP contribution in [0.2, 0.25) is 5.02 Å². The number of hydrogen-bond donors (Lipinski definition) is 1. The highest BCUT2D eigenvalue weighted by atomic mass is 35.5. The molecule has 3 rings (SSSR count). The summed E-state index contributed by atoms with van der Waals surface area (Å²) in [7, 11) is 0. The lowest BCUT2D eigenvalue weighted by molar-refractivity contribution is -0.116. The molecule has 0 aliphatic carbocycles. The van der Waals surface area contributed by atoms with Crippen molar-refractivity contribution in [1.29, 1.82) is 0 Å². The highest BCUT2D eigenvalue weighted by Gasteiger charge is 2.23. The Morgan fingerprint density at radius 3 is 2.61 bits per heavy atom. The van der Waals surface area contributed by atoms with Crippen LogP contribution in [0.25, 0.3) is 11.3 Å². The van der Waals surface area contributed by atoms with Gasteiger partial charge < -0.3 is 14.7 Å². The van der Waals surface area contributed by atoms with E-state index in [1.54, 1.807) is 31.2 Å². The summed E-state index contributed by atoms with van der Waals surface area (Å²) in [5.74, 6) is -5.65. The van der Waals surface area contributed by atoms with Crippen molar-refractivity contribution in [3.05, 3.63) is 70.6 Å². The number of nitrogens with zero attached hydrogens (tertiary/aromatic N) is 2. The summed E-state index contributed by atoms with van der Waals surface area (Å²) >= 11 is 5.96. The van der Waals surface area contributed by atoms with Crippen LogP contribution in [0, 0.1) is 17.5 Å². The van der Waals surface area contributed by atoms with Crippen molar-refractivity contribution in [2.24, 2.45) is 0 Å². The molecule has 2 aromatic carbocycles. The molecule has 1 heterocycles. The molecule has 0 saturated carbocycles. The smallest absolute Gasteiger partial charge is 0.276 e. The van der Waals surface area contributed by atoms with Gasteiger partial charge in [-0.05, 0) is 30.7 Å². The van der Waals surface area contributed by atoms with Crippen LogP contribution in [0.3, 0.4) is 0 Å². The standard InChI is InChI=1S/C21H17ClF3N3O3/c1-2-8-28(11-18(29)26-15-7-6-14(23)19(24)20(15)25)21(30)16-10-17(31-27-16)12-4-3-5-13(22)9-12/h3-7,9-10H,2,8,11H2,1H3,(H,26,29). The molecule has 0 aliphatic rings. The Bertz CT molecular complexity index is 1120. The number of benzene rings is 2. The molecule has 0 unspecified atom stereocenters. The van der Waals surface area contributed by atoms with E-state index in [0.717, 1.165) is 6.07 Å². The van der Waals surface area contributed by atoms with Crippen molar-refractivity contribution >= 4 is 29.1 Å². The molecule has 0 fully saturated rings. The van der Waals surface area contributed by atoms with Crippen molar-refractivity contribution in [1.82, 2.24) is 10.1 Å². The summed E-state index contributed by atoms with van der Waals surface area (Å²) < 4.78 is 45.4. The molecule has 162 valence electrons. The SMILES string of the molecule is CCCN(CC(=O)Nc1ccc(F)c(F)c1F)C(=O)c1cc(-c2cccc(Cl)c2)on1. The fraction of sp³-hybridized carbons (Fsp3) is 0.190. The van der Waals surface area contributed by atoms with Gasteiger partial charge in [0, 0.05) is 23.2 Å². The van der Waals surface area contributed by atoms with Gasteiger partial charge in [0.25, 0.3) is 5.91 Å². The summed E-state index contributed by atoms with van der Waals surface area (Å²) in [5.41, 5.74) is 0.0559. The number of nitrogens with one attached hydrogen (secondary N) is 1. The van der Waals surface area contributed by atoms with Gasteiger partial charge in [0.2, 0.25) is 5.91 Å². The summed E-state index contributed by atoms with van der Waals surface area (Å²) in [5, 5.41) is 6.38. The first-order valence-electron chi connectivity index (χ1n) is 9.25. The van der Waals surface area contributed by atoms with E-state index >= 15 is 0 Å². The minimum absolute atomic E-state index is 0.0322. The average Bonchev–Trinajstić information content (AvgIpc) is 3.24. The Morgan fingerprint density at radius 1 is 1.13 bits per heavy atom. The third-order valence-corrected chi connectivity index (χ3v) is 4.50. The summed E-state index contributed by atoms with van der Waals surface area (Å²) in [6, 6.07) is 9.78. The minimum Gasteiger partial charge on any atom is -0.355 e. The molecule has 10 heteroatoms. The zero-order chi connectivity index (χ0) is 22.5. The van der Waals surface area contributed by atoms with E-state index < -0.39 is 41.5 Å². The Balaban J connectivity index is 1.74. The number of carbonyl (C=O) groups excluding carboxylic acids is 2. The van der Waals surface area contributed by atoms with Crippen LogP contribution in [0.5, 0.6) is 0 Å². The van der Waals surface area contributed by atoms with Gasteiger partial charge in [-0.1, -0.05) is 35.8 Å². The predicted octanol–water partition coefficient (Wildman–Crippen LogP) is 4.90. The first-order valence-corrected chi connectivity index (χ1v) is 9.63. The molecule has 2 amide bonds. The number of rotatable bonds is 7. The summed E-state index contributed by atoms with van der Waals surface area (Å²) in [6.45, 7) is 1.55. The second-order valence-corrected chi connectivity index (χ2v) is 7.02. The van der Waals surface area contributed by atoms with E-state index in [4.69, 9.17) is 16.1 Å². The molecule has 0 saturated heterocycles. The maximum atomic E-state index is 13.8. The highest BCUT2D eigenvalue weighted by molar-refractivity contribution is 6.30. The van der Waals surface area contributed by atoms with E-state index in [-0.39, 0.29) is 12.2 Å². The summed E-state index contributed by atoms with van der Waals surface area (Å²) in [4.78, 5) is 26.3. The van der Waals surface area contributed by atoms with E-state index in [9.17, 15) is 22.8 Å². The normalized spacial score (nSPS) is 10.7. The summed E-state index contributed by atoms with van der Waals surface area (Å²) in [6.07, 6.45) is 0.525. The Kier molecular flexibility index (Phi) is 6.96. The largest absolute Gasteiger partial charge is 0.355 e. The van der Waals surface area contributed by atoms with Gasteiger partial charge in [-0.2, -0.15) is 0 Å². The lowest BCUT2D eigenvalue weighted by atomic mass is 10.1. The fourth-order valence-corrected chi connectivity index (χ4v) is 3.01. The maximum Gasteiger partial charge on any atom is 0.276 e. The topological polar surface area (TPSA) is 75.4 Å². The average molecular weight is 452 g/mol. The van der Waals surface area contributed by atoms with Crippen LogP contribution < -0.4 is 5.32 Å². The van der Waals surface area contributed by atoms with Crippen molar-refractivity contribution in [2.45, 2.75) is 13.3 Å². The molecule has 6 nitrogen and oxygen atoms in total. The third kappa shape index (κ3) is 5.24. The molecule has 0 radical (unpaired) electrons. The second kappa shape index (κ2) is 9.65. The zero-order valence-electron chi connectivity index (χ0n) is 16.3. The molecule has 0 aliphatic heterocycles. The van der Waals surface area contributed by atoms with Crippen molar-refractivity contribution < 1.29 is 27.3 Å². The van der Waals surface area contributed by atoms with Crippen LogP contribution in [0.4, 0.5) is 18.9 Å². The Morgan fingerprint density at radius 2 is 1.90 bits per heavy atom. The van der Waals surface area contributed by atoms with Gasteiger partial charge >= 0.3 is 0 Å². The molecular formula is C21H17ClF3N3O3. The number of aromatic nitrogens is 1. The van der Waals surface area contributed by atoms with Crippen LogP contribution in [-0.4, -0.2) is 35.0 Å². The van der Waals surface area contributed by atoms with E-state index in [1.807, 2.05) is 0 Å². The lowest BCUT2D eigenvalue weighted by Crippen LogP contribution is -2.38. The van der Waals surface area contributed by atoms with Crippen molar-refractivity contribution in [2.75, 3.05) is 18.4 Å². The van der Waals surface area contributed by atoms with Gasteiger partial charge in [0.05, 0.1) is 5.69 Å². The van der Waals surface area contributed by atoms with Gasteiger partial charge in [-0.15, -0.1) is 0 Å². The first-order chi connectivity index (χ1) is 14.8.